The van der Waals surface area contributed by atoms with Gasteiger partial charge >= 0.3 is 0 Å². The molecule has 0 spiro atoms. The zero-order chi connectivity index (χ0) is 16.4. The topological polar surface area (TPSA) is 32.3 Å². The summed E-state index contributed by atoms with van der Waals surface area (Å²) in [4.78, 5) is 14.9. The number of nitrogens with zero attached hydrogens (tertiary/aromatic N) is 1. The first-order valence-electron chi connectivity index (χ1n) is 7.98. The Morgan fingerprint density at radius 2 is 2.00 bits per heavy atom. The lowest BCUT2D eigenvalue weighted by Crippen LogP contribution is -2.44. The van der Waals surface area contributed by atoms with E-state index >= 15 is 0 Å². The van der Waals surface area contributed by atoms with Crippen molar-refractivity contribution in [3.63, 3.8) is 0 Å². The van der Waals surface area contributed by atoms with Crippen LogP contribution >= 0.6 is 11.6 Å². The van der Waals surface area contributed by atoms with Crippen LogP contribution in [0.4, 0.5) is 11.4 Å². The third kappa shape index (κ3) is 3.20. The van der Waals surface area contributed by atoms with E-state index in [1.54, 1.807) is 0 Å². The van der Waals surface area contributed by atoms with E-state index in [0.717, 1.165) is 30.6 Å². The van der Waals surface area contributed by atoms with E-state index in [-0.39, 0.29) is 11.9 Å². The molecule has 0 saturated heterocycles. The average molecular weight is 329 g/mol. The van der Waals surface area contributed by atoms with Crippen LogP contribution in [0.15, 0.2) is 42.5 Å². The van der Waals surface area contributed by atoms with Crippen LogP contribution in [0.5, 0.6) is 0 Å². The second-order valence-corrected chi connectivity index (χ2v) is 6.41. The van der Waals surface area contributed by atoms with Crippen LogP contribution in [0, 0.1) is 6.92 Å². The van der Waals surface area contributed by atoms with Gasteiger partial charge in [-0.1, -0.05) is 35.9 Å². The van der Waals surface area contributed by atoms with Crippen molar-refractivity contribution in [2.45, 2.75) is 32.7 Å². The Hall–Kier alpha value is -2.00. The van der Waals surface area contributed by atoms with E-state index in [9.17, 15) is 4.79 Å². The smallest absolute Gasteiger partial charge is 0.246 e. The fourth-order valence-electron chi connectivity index (χ4n) is 3.09. The molecular weight excluding hydrogens is 308 g/mol. The molecular formula is C19H21ClN2O. The molecule has 3 rings (SSSR count). The Balaban J connectivity index is 1.80. The predicted octanol–water partition coefficient (Wildman–Crippen LogP) is 4.43. The molecule has 1 N–H and O–H groups in total. The van der Waals surface area contributed by atoms with Gasteiger partial charge in [-0.2, -0.15) is 0 Å². The second kappa shape index (κ2) is 6.63. The van der Waals surface area contributed by atoms with E-state index in [1.165, 1.54) is 11.3 Å². The lowest BCUT2D eigenvalue weighted by molar-refractivity contribution is -0.117. The molecule has 2 aromatic carbocycles. The van der Waals surface area contributed by atoms with Crippen molar-refractivity contribution in [1.82, 2.24) is 0 Å². The molecule has 1 heterocycles. The van der Waals surface area contributed by atoms with E-state index in [0.29, 0.717) is 5.02 Å². The Bertz CT molecular complexity index is 729. The molecule has 0 saturated carbocycles. The molecule has 4 heteroatoms. The quantitative estimate of drug-likeness (QED) is 0.904. The highest BCUT2D eigenvalue weighted by molar-refractivity contribution is 6.31. The Morgan fingerprint density at radius 3 is 2.83 bits per heavy atom. The maximum absolute atomic E-state index is 12.7. The van der Waals surface area contributed by atoms with E-state index in [1.807, 2.05) is 38.1 Å². The van der Waals surface area contributed by atoms with Gasteiger partial charge in [0.1, 0.15) is 6.04 Å². The van der Waals surface area contributed by atoms with Crippen molar-refractivity contribution >= 4 is 28.9 Å². The maximum Gasteiger partial charge on any atom is 0.246 e. The number of benzene rings is 2. The summed E-state index contributed by atoms with van der Waals surface area (Å²) in [6, 6.07) is 13.7. The van der Waals surface area contributed by atoms with Crippen LogP contribution in [-0.4, -0.2) is 18.5 Å². The van der Waals surface area contributed by atoms with Gasteiger partial charge < -0.3 is 10.2 Å². The number of hydrogen-bond acceptors (Lipinski definition) is 2. The predicted molar refractivity (Wildman–Crippen MR) is 96.4 cm³/mol. The van der Waals surface area contributed by atoms with Crippen LogP contribution in [0.2, 0.25) is 5.02 Å². The van der Waals surface area contributed by atoms with Crippen molar-refractivity contribution in [3.05, 3.63) is 58.6 Å². The van der Waals surface area contributed by atoms with Gasteiger partial charge in [0.05, 0.1) is 0 Å². The van der Waals surface area contributed by atoms with Crippen LogP contribution in [0.25, 0.3) is 0 Å². The number of halogens is 1. The van der Waals surface area contributed by atoms with Gasteiger partial charge in [-0.15, -0.1) is 0 Å². The fraction of sp³-hybridized carbons (Fsp3) is 0.316. The molecule has 0 aromatic heterocycles. The molecule has 0 radical (unpaired) electrons. The third-order valence-electron chi connectivity index (χ3n) is 4.52. The normalized spacial score (nSPS) is 15.0. The van der Waals surface area contributed by atoms with E-state index in [2.05, 4.69) is 28.4 Å². The summed E-state index contributed by atoms with van der Waals surface area (Å²) in [6.45, 7) is 4.77. The molecule has 120 valence electrons. The molecule has 1 atom stereocenters. The van der Waals surface area contributed by atoms with Crippen molar-refractivity contribution in [3.8, 4) is 0 Å². The zero-order valence-electron chi connectivity index (χ0n) is 13.5. The lowest BCUT2D eigenvalue weighted by Gasteiger charge is -2.35. The summed E-state index contributed by atoms with van der Waals surface area (Å²) in [7, 11) is 0. The highest BCUT2D eigenvalue weighted by Crippen LogP contribution is 2.29. The minimum absolute atomic E-state index is 0.00734. The first-order valence-corrected chi connectivity index (χ1v) is 8.36. The lowest BCUT2D eigenvalue weighted by atomic mass is 10.00. The van der Waals surface area contributed by atoms with Crippen LogP contribution in [0.3, 0.4) is 0 Å². The van der Waals surface area contributed by atoms with Crippen LogP contribution < -0.4 is 10.2 Å². The number of anilines is 2. The number of carbonyl (C=O) groups is 1. The van der Waals surface area contributed by atoms with Gasteiger partial charge in [0.25, 0.3) is 0 Å². The van der Waals surface area contributed by atoms with Crippen molar-refractivity contribution in [2.24, 2.45) is 0 Å². The Morgan fingerprint density at radius 1 is 1.22 bits per heavy atom. The van der Waals surface area contributed by atoms with Gasteiger partial charge in [0.2, 0.25) is 5.91 Å². The third-order valence-corrected chi connectivity index (χ3v) is 4.93. The van der Waals surface area contributed by atoms with Crippen molar-refractivity contribution in [1.29, 1.82) is 0 Å². The highest BCUT2D eigenvalue weighted by Gasteiger charge is 2.26. The number of carbonyl (C=O) groups excluding carboxylic acids is 1. The number of hydrogen-bond donors (Lipinski definition) is 1. The molecule has 1 aliphatic heterocycles. The highest BCUT2D eigenvalue weighted by atomic mass is 35.5. The molecule has 1 amide bonds. The molecule has 1 aliphatic rings. The summed E-state index contributed by atoms with van der Waals surface area (Å²) in [5.74, 6) is -0.00734. The first kappa shape index (κ1) is 15.9. The molecule has 23 heavy (non-hydrogen) atoms. The van der Waals surface area contributed by atoms with Gasteiger partial charge in [0, 0.05) is 22.9 Å². The number of amides is 1. The van der Waals surface area contributed by atoms with E-state index in [4.69, 9.17) is 11.6 Å². The number of aryl methyl sites for hydroxylation is 1. The van der Waals surface area contributed by atoms with Gasteiger partial charge in [-0.3, -0.25) is 4.79 Å². The van der Waals surface area contributed by atoms with Crippen molar-refractivity contribution < 1.29 is 4.79 Å². The maximum atomic E-state index is 12.7. The number of para-hydroxylation sites is 1. The second-order valence-electron chi connectivity index (χ2n) is 6.00. The largest absolute Gasteiger partial charge is 0.360 e. The minimum Gasteiger partial charge on any atom is -0.360 e. The zero-order valence-corrected chi connectivity index (χ0v) is 14.2. The van der Waals surface area contributed by atoms with E-state index < -0.39 is 0 Å². The van der Waals surface area contributed by atoms with Crippen molar-refractivity contribution in [2.75, 3.05) is 16.8 Å². The number of fused-ring (bicyclic) bond motifs is 1. The minimum atomic E-state index is -0.227. The van der Waals surface area contributed by atoms with Gasteiger partial charge in [0.15, 0.2) is 0 Å². The molecule has 0 bridgehead atoms. The van der Waals surface area contributed by atoms with Gasteiger partial charge in [-0.25, -0.2) is 0 Å². The number of rotatable bonds is 3. The Kier molecular flexibility index (Phi) is 4.58. The summed E-state index contributed by atoms with van der Waals surface area (Å²) in [5, 5.41) is 3.68. The van der Waals surface area contributed by atoms with Gasteiger partial charge in [-0.05, 0) is 56.0 Å². The number of nitrogens with one attached hydrogen (secondary N) is 1. The molecule has 0 unspecified atom stereocenters. The average Bonchev–Trinajstić information content (AvgIpc) is 2.57. The standard InChI is InChI=1S/C19H21ClN2O/c1-13-16(20)9-5-10-17(13)21-19(23)14(2)22-12-6-8-15-7-3-4-11-18(15)22/h3-5,7,9-11,14H,6,8,12H2,1-2H3,(H,21,23)/t14-/m1/s1. The fourth-order valence-corrected chi connectivity index (χ4v) is 3.26. The molecule has 0 aliphatic carbocycles. The SMILES string of the molecule is Cc1c(Cl)cccc1NC(=O)[C@@H](C)N1CCCc2ccccc21. The summed E-state index contributed by atoms with van der Waals surface area (Å²) in [5.41, 5.74) is 4.16. The molecule has 0 fully saturated rings. The summed E-state index contributed by atoms with van der Waals surface area (Å²) in [6.07, 6.45) is 2.15. The molecule has 2 aromatic rings. The Labute approximate surface area is 142 Å². The monoisotopic (exact) mass is 328 g/mol. The first-order chi connectivity index (χ1) is 11.1. The summed E-state index contributed by atoms with van der Waals surface area (Å²) >= 11 is 6.13. The molecule has 3 nitrogen and oxygen atoms in total. The van der Waals surface area contributed by atoms with Crippen LogP contribution in [0.1, 0.15) is 24.5 Å². The van der Waals surface area contributed by atoms with Crippen LogP contribution in [-0.2, 0) is 11.2 Å². The summed E-state index contributed by atoms with van der Waals surface area (Å²) < 4.78 is 0.